The zero-order chi connectivity index (χ0) is 28.4. The van der Waals surface area contributed by atoms with Gasteiger partial charge in [0.25, 0.3) is 0 Å². The Morgan fingerprint density at radius 1 is 1.00 bits per heavy atom. The zero-order valence-electron chi connectivity index (χ0n) is 21.3. The van der Waals surface area contributed by atoms with Crippen molar-refractivity contribution in [1.82, 2.24) is 20.9 Å². The molecule has 13 heteroatoms. The first-order valence-electron chi connectivity index (χ1n) is 12.3. The molecule has 2 rings (SSSR count). The molecule has 208 valence electrons. The summed E-state index contributed by atoms with van der Waals surface area (Å²) in [6, 6.07) is 2.62. The molecule has 8 N–H and O–H groups in total. The normalized spacial score (nSPS) is 15.1. The summed E-state index contributed by atoms with van der Waals surface area (Å²) in [7, 11) is 0. The molecular formula is C25H35N5O7S. The molecule has 0 bridgehead atoms. The molecular weight excluding hydrogens is 514 g/mol. The van der Waals surface area contributed by atoms with E-state index in [0.717, 1.165) is 16.5 Å². The van der Waals surface area contributed by atoms with Crippen LogP contribution in [0.1, 0.15) is 38.7 Å². The number of aliphatic carboxylic acids is 2. The monoisotopic (exact) mass is 549 g/mol. The first kappa shape index (κ1) is 30.6. The number of benzene rings is 1. The van der Waals surface area contributed by atoms with Crippen molar-refractivity contribution in [3.8, 4) is 0 Å². The second-order valence-electron chi connectivity index (χ2n) is 9.12. The highest BCUT2D eigenvalue weighted by Gasteiger charge is 2.32. The number of nitrogens with two attached hydrogens (primary N) is 1. The van der Waals surface area contributed by atoms with E-state index < -0.39 is 66.2 Å². The number of H-pyrrole nitrogens is 1. The Kier molecular flexibility index (Phi) is 11.6. The number of carboxylic acids is 2. The second kappa shape index (κ2) is 14.4. The molecule has 2 aromatic rings. The maximum absolute atomic E-state index is 13.4. The van der Waals surface area contributed by atoms with E-state index >= 15 is 0 Å². The Hall–Kier alpha value is -3.58. The van der Waals surface area contributed by atoms with Crippen molar-refractivity contribution in [3.05, 3.63) is 36.0 Å². The average molecular weight is 550 g/mol. The fourth-order valence-corrected chi connectivity index (χ4v) is 4.00. The van der Waals surface area contributed by atoms with Crippen LogP contribution in [0.5, 0.6) is 0 Å². The van der Waals surface area contributed by atoms with Crippen molar-refractivity contribution in [2.24, 2.45) is 11.7 Å². The Balaban J connectivity index is 2.31. The Labute approximate surface area is 225 Å². The van der Waals surface area contributed by atoms with E-state index in [9.17, 15) is 29.1 Å². The summed E-state index contributed by atoms with van der Waals surface area (Å²) in [5.41, 5.74) is 7.31. The average Bonchev–Trinajstić information content (AvgIpc) is 3.30. The number of para-hydroxylation sites is 1. The zero-order valence-corrected chi connectivity index (χ0v) is 22.2. The Bertz CT molecular complexity index is 1150. The van der Waals surface area contributed by atoms with Crippen LogP contribution in [0.3, 0.4) is 0 Å². The standard InChI is InChI=1S/C25H35N5O7S/c1-3-13(2)21(25(36)37)30-23(34)18(8-9-20(31)32)28-24(35)19(29-22(33)16(26)12-38)10-14-11-27-17-7-5-4-6-15(14)17/h4-7,11,13,16,18-19,21,27,38H,3,8-10,12,26H2,1-2H3,(H,28,35)(H,29,33)(H,30,34)(H,31,32)(H,36,37). The van der Waals surface area contributed by atoms with Gasteiger partial charge in [-0.1, -0.05) is 38.5 Å². The van der Waals surface area contributed by atoms with Gasteiger partial charge in [0.05, 0.1) is 6.04 Å². The van der Waals surface area contributed by atoms with Crippen LogP contribution in [-0.4, -0.2) is 74.8 Å². The van der Waals surface area contributed by atoms with E-state index in [-0.39, 0.29) is 18.6 Å². The molecule has 3 amide bonds. The maximum Gasteiger partial charge on any atom is 0.326 e. The van der Waals surface area contributed by atoms with Crippen molar-refractivity contribution in [1.29, 1.82) is 0 Å². The van der Waals surface area contributed by atoms with Gasteiger partial charge in [0.1, 0.15) is 18.1 Å². The number of thiol groups is 1. The minimum Gasteiger partial charge on any atom is -0.481 e. The molecule has 38 heavy (non-hydrogen) atoms. The number of carboxylic acid groups (broad SMARTS) is 2. The van der Waals surface area contributed by atoms with Crippen LogP contribution in [-0.2, 0) is 30.4 Å². The van der Waals surface area contributed by atoms with Crippen LogP contribution < -0.4 is 21.7 Å². The van der Waals surface area contributed by atoms with E-state index in [2.05, 4.69) is 33.6 Å². The minimum atomic E-state index is -1.36. The van der Waals surface area contributed by atoms with Crippen LogP contribution in [0, 0.1) is 5.92 Å². The van der Waals surface area contributed by atoms with Crippen LogP contribution in [0.2, 0.25) is 0 Å². The van der Waals surface area contributed by atoms with Gasteiger partial charge in [-0.3, -0.25) is 19.2 Å². The van der Waals surface area contributed by atoms with Gasteiger partial charge in [-0.25, -0.2) is 4.79 Å². The molecule has 5 unspecified atom stereocenters. The van der Waals surface area contributed by atoms with Gasteiger partial charge in [-0.15, -0.1) is 0 Å². The molecule has 0 aliphatic heterocycles. The topological polar surface area (TPSA) is 204 Å². The molecule has 1 heterocycles. The molecule has 0 aliphatic carbocycles. The number of carbonyl (C=O) groups excluding carboxylic acids is 3. The van der Waals surface area contributed by atoms with Crippen LogP contribution >= 0.6 is 12.6 Å². The van der Waals surface area contributed by atoms with Crippen molar-refractivity contribution in [3.63, 3.8) is 0 Å². The van der Waals surface area contributed by atoms with Crippen molar-refractivity contribution in [2.45, 2.75) is 63.7 Å². The summed E-state index contributed by atoms with van der Waals surface area (Å²) in [5, 5.41) is 27.0. The molecule has 12 nitrogen and oxygen atoms in total. The third-order valence-corrected chi connectivity index (χ3v) is 6.72. The van der Waals surface area contributed by atoms with Gasteiger partial charge < -0.3 is 36.9 Å². The summed E-state index contributed by atoms with van der Waals surface area (Å²) < 4.78 is 0. The molecule has 1 aromatic carbocycles. The van der Waals surface area contributed by atoms with Crippen molar-refractivity contribution < 1.29 is 34.2 Å². The Morgan fingerprint density at radius 2 is 1.63 bits per heavy atom. The first-order chi connectivity index (χ1) is 18.0. The first-order valence-corrected chi connectivity index (χ1v) is 12.9. The summed E-state index contributed by atoms with van der Waals surface area (Å²) in [6.45, 7) is 3.42. The van der Waals surface area contributed by atoms with Crippen LogP contribution in [0.4, 0.5) is 0 Å². The molecule has 1 aromatic heterocycles. The number of fused-ring (bicyclic) bond motifs is 1. The number of carbonyl (C=O) groups is 5. The van der Waals surface area contributed by atoms with Gasteiger partial charge in [0, 0.05) is 35.7 Å². The van der Waals surface area contributed by atoms with Gasteiger partial charge in [0.2, 0.25) is 17.7 Å². The van der Waals surface area contributed by atoms with E-state index in [1.165, 1.54) is 0 Å². The lowest BCUT2D eigenvalue weighted by Gasteiger charge is -2.26. The molecule has 0 saturated carbocycles. The van der Waals surface area contributed by atoms with Crippen molar-refractivity contribution >= 4 is 53.2 Å². The molecule has 0 saturated heterocycles. The summed E-state index contributed by atoms with van der Waals surface area (Å²) >= 11 is 4.02. The van der Waals surface area contributed by atoms with Gasteiger partial charge in [0.15, 0.2) is 0 Å². The summed E-state index contributed by atoms with van der Waals surface area (Å²) in [6.07, 6.45) is 1.47. The minimum absolute atomic E-state index is 0.0308. The van der Waals surface area contributed by atoms with Crippen LogP contribution in [0.25, 0.3) is 10.9 Å². The van der Waals surface area contributed by atoms with Gasteiger partial charge >= 0.3 is 11.9 Å². The highest BCUT2D eigenvalue weighted by Crippen LogP contribution is 2.19. The van der Waals surface area contributed by atoms with E-state index in [1.54, 1.807) is 20.0 Å². The maximum atomic E-state index is 13.4. The number of nitrogens with one attached hydrogen (secondary N) is 4. The third kappa shape index (κ3) is 8.48. The molecule has 5 atom stereocenters. The summed E-state index contributed by atoms with van der Waals surface area (Å²) in [5.74, 6) is -5.05. The second-order valence-corrected chi connectivity index (χ2v) is 9.48. The SMILES string of the molecule is CCC(C)C(NC(=O)C(CCC(=O)O)NC(=O)C(Cc1c[nH]c2ccccc12)NC(=O)C(N)CS)C(=O)O. The number of aromatic amines is 1. The molecule has 0 fully saturated rings. The number of hydrogen-bond donors (Lipinski definition) is 8. The van der Waals surface area contributed by atoms with E-state index in [1.807, 2.05) is 24.3 Å². The van der Waals surface area contributed by atoms with Crippen LogP contribution in [0.15, 0.2) is 30.5 Å². The smallest absolute Gasteiger partial charge is 0.326 e. The van der Waals surface area contributed by atoms with Gasteiger partial charge in [-0.05, 0) is 24.0 Å². The fraction of sp³-hybridized carbons (Fsp3) is 0.480. The number of amides is 3. The number of rotatable bonds is 15. The largest absolute Gasteiger partial charge is 0.481 e. The molecule has 0 spiro atoms. The predicted molar refractivity (Wildman–Crippen MR) is 144 cm³/mol. The van der Waals surface area contributed by atoms with E-state index in [0.29, 0.717) is 6.42 Å². The van der Waals surface area contributed by atoms with E-state index in [4.69, 9.17) is 10.8 Å². The highest BCUT2D eigenvalue weighted by atomic mass is 32.1. The Morgan fingerprint density at radius 3 is 2.24 bits per heavy atom. The van der Waals surface area contributed by atoms with Gasteiger partial charge in [-0.2, -0.15) is 12.6 Å². The van der Waals surface area contributed by atoms with Crippen molar-refractivity contribution in [2.75, 3.05) is 5.75 Å². The number of aromatic nitrogens is 1. The molecule has 0 radical (unpaired) electrons. The summed E-state index contributed by atoms with van der Waals surface area (Å²) in [4.78, 5) is 64.9. The molecule has 0 aliphatic rings. The predicted octanol–water partition coefficient (Wildman–Crippen LogP) is 0.417. The third-order valence-electron chi connectivity index (χ3n) is 6.32. The quantitative estimate of drug-likeness (QED) is 0.146. The lowest BCUT2D eigenvalue weighted by Crippen LogP contribution is -2.58. The lowest BCUT2D eigenvalue weighted by molar-refractivity contribution is -0.144. The fourth-order valence-electron chi connectivity index (χ4n) is 3.84. The highest BCUT2D eigenvalue weighted by molar-refractivity contribution is 7.80. The lowest BCUT2D eigenvalue weighted by atomic mass is 9.98. The number of hydrogen-bond acceptors (Lipinski definition) is 7.